The standard InChI is InChI=1S/C13H16F3NS/c14-13(15,16)11-5-3-10(4-6-11)8-18-9-12-2-1-7-17-12/h3-6,12,17H,1-2,7-9H2. The van der Waals surface area contributed by atoms with Gasteiger partial charge in [-0.3, -0.25) is 0 Å². The number of benzene rings is 1. The minimum atomic E-state index is -4.24. The third-order valence-corrected chi connectivity index (χ3v) is 4.21. The molecule has 1 N–H and O–H groups in total. The second-order valence-corrected chi connectivity index (χ2v) is 5.53. The summed E-state index contributed by atoms with van der Waals surface area (Å²) in [7, 11) is 0. The lowest BCUT2D eigenvalue weighted by Crippen LogP contribution is -2.23. The Kier molecular flexibility index (Phi) is 4.56. The van der Waals surface area contributed by atoms with Crippen LogP contribution in [0.1, 0.15) is 24.0 Å². The molecule has 1 aliphatic rings. The van der Waals surface area contributed by atoms with E-state index in [1.165, 1.54) is 12.8 Å². The molecule has 18 heavy (non-hydrogen) atoms. The van der Waals surface area contributed by atoms with E-state index in [-0.39, 0.29) is 0 Å². The van der Waals surface area contributed by atoms with E-state index in [1.807, 2.05) is 0 Å². The van der Waals surface area contributed by atoms with Crippen molar-refractivity contribution in [3.05, 3.63) is 35.4 Å². The summed E-state index contributed by atoms with van der Waals surface area (Å²) in [6.07, 6.45) is -1.80. The average Bonchev–Trinajstić information content (AvgIpc) is 2.82. The Morgan fingerprint density at radius 1 is 1.22 bits per heavy atom. The molecule has 0 aromatic heterocycles. The number of alkyl halides is 3. The lowest BCUT2D eigenvalue weighted by Gasteiger charge is -2.10. The molecule has 1 atom stereocenters. The lowest BCUT2D eigenvalue weighted by atomic mass is 10.1. The van der Waals surface area contributed by atoms with Gasteiger partial charge in [-0.05, 0) is 37.1 Å². The molecule has 5 heteroatoms. The zero-order valence-corrected chi connectivity index (χ0v) is 10.8. The van der Waals surface area contributed by atoms with Crippen LogP contribution in [0.4, 0.5) is 13.2 Å². The quantitative estimate of drug-likeness (QED) is 0.899. The maximum absolute atomic E-state index is 12.4. The summed E-state index contributed by atoms with van der Waals surface area (Å²) in [6, 6.07) is 6.02. The second kappa shape index (κ2) is 5.97. The minimum absolute atomic E-state index is 0.574. The van der Waals surface area contributed by atoms with Crippen molar-refractivity contribution in [3.8, 4) is 0 Å². The highest BCUT2D eigenvalue weighted by Gasteiger charge is 2.29. The van der Waals surface area contributed by atoms with Crippen LogP contribution in [-0.2, 0) is 11.9 Å². The summed E-state index contributed by atoms with van der Waals surface area (Å²) in [4.78, 5) is 0. The number of rotatable bonds is 4. The van der Waals surface area contributed by atoms with Crippen molar-refractivity contribution in [2.75, 3.05) is 12.3 Å². The number of thioether (sulfide) groups is 1. The molecule has 100 valence electrons. The predicted octanol–water partition coefficient (Wildman–Crippen LogP) is 3.69. The molecule has 1 fully saturated rings. The fourth-order valence-electron chi connectivity index (χ4n) is 2.01. The molecule has 0 bridgehead atoms. The SMILES string of the molecule is FC(F)(F)c1ccc(CSCC2CCCN2)cc1. The van der Waals surface area contributed by atoms with Crippen LogP contribution >= 0.6 is 11.8 Å². The van der Waals surface area contributed by atoms with Crippen LogP contribution in [0.5, 0.6) is 0 Å². The normalized spacial score (nSPS) is 20.3. The van der Waals surface area contributed by atoms with Crippen molar-refractivity contribution in [2.45, 2.75) is 30.8 Å². The van der Waals surface area contributed by atoms with Crippen LogP contribution in [0.15, 0.2) is 24.3 Å². The van der Waals surface area contributed by atoms with Crippen molar-refractivity contribution in [2.24, 2.45) is 0 Å². The molecule has 1 unspecified atom stereocenters. The van der Waals surface area contributed by atoms with Gasteiger partial charge in [-0.25, -0.2) is 0 Å². The van der Waals surface area contributed by atoms with Gasteiger partial charge in [0, 0.05) is 17.5 Å². The molecule has 1 heterocycles. The first kappa shape index (κ1) is 13.7. The van der Waals surface area contributed by atoms with Crippen molar-refractivity contribution >= 4 is 11.8 Å². The fourth-order valence-corrected chi connectivity index (χ4v) is 3.12. The summed E-state index contributed by atoms with van der Waals surface area (Å²) in [5.41, 5.74) is 0.375. The zero-order valence-electron chi connectivity index (χ0n) is 9.96. The van der Waals surface area contributed by atoms with Crippen LogP contribution in [0.3, 0.4) is 0 Å². The molecule has 2 rings (SSSR count). The molecule has 1 aromatic carbocycles. The lowest BCUT2D eigenvalue weighted by molar-refractivity contribution is -0.137. The topological polar surface area (TPSA) is 12.0 Å². The van der Waals surface area contributed by atoms with Gasteiger partial charge in [-0.2, -0.15) is 24.9 Å². The monoisotopic (exact) mass is 275 g/mol. The molecule has 1 aromatic rings. The first-order valence-corrected chi connectivity index (χ1v) is 7.18. The summed E-state index contributed by atoms with van der Waals surface area (Å²) in [5, 5.41) is 3.40. The van der Waals surface area contributed by atoms with Gasteiger partial charge < -0.3 is 5.32 Å². The van der Waals surface area contributed by atoms with Crippen molar-refractivity contribution in [3.63, 3.8) is 0 Å². The molecule has 0 spiro atoms. The Morgan fingerprint density at radius 2 is 1.94 bits per heavy atom. The van der Waals surface area contributed by atoms with Crippen LogP contribution in [0.25, 0.3) is 0 Å². The zero-order chi connectivity index (χ0) is 13.0. The van der Waals surface area contributed by atoms with Crippen LogP contribution < -0.4 is 5.32 Å². The minimum Gasteiger partial charge on any atom is -0.313 e. The van der Waals surface area contributed by atoms with E-state index in [4.69, 9.17) is 0 Å². The molecule has 1 aliphatic heterocycles. The second-order valence-electron chi connectivity index (χ2n) is 4.50. The molecule has 0 amide bonds. The van der Waals surface area contributed by atoms with E-state index in [9.17, 15) is 13.2 Å². The van der Waals surface area contributed by atoms with Crippen LogP contribution in [-0.4, -0.2) is 18.3 Å². The first-order chi connectivity index (χ1) is 8.55. The van der Waals surface area contributed by atoms with Gasteiger partial charge in [0.2, 0.25) is 0 Å². The molecule has 1 saturated heterocycles. The first-order valence-electron chi connectivity index (χ1n) is 6.03. The fraction of sp³-hybridized carbons (Fsp3) is 0.538. The largest absolute Gasteiger partial charge is 0.416 e. The van der Waals surface area contributed by atoms with Crippen LogP contribution in [0, 0.1) is 0 Å². The van der Waals surface area contributed by atoms with Crippen molar-refractivity contribution < 1.29 is 13.2 Å². The molecular formula is C13H16F3NS. The maximum Gasteiger partial charge on any atom is 0.416 e. The van der Waals surface area contributed by atoms with Crippen molar-refractivity contribution in [1.29, 1.82) is 0 Å². The molecule has 0 radical (unpaired) electrons. The van der Waals surface area contributed by atoms with Gasteiger partial charge >= 0.3 is 6.18 Å². The van der Waals surface area contributed by atoms with Gasteiger partial charge in [-0.1, -0.05) is 12.1 Å². The van der Waals surface area contributed by atoms with E-state index in [2.05, 4.69) is 5.32 Å². The third kappa shape index (κ3) is 3.92. The highest BCUT2D eigenvalue weighted by atomic mass is 32.2. The summed E-state index contributed by atoms with van der Waals surface area (Å²) >= 11 is 1.77. The van der Waals surface area contributed by atoms with Gasteiger partial charge in [0.1, 0.15) is 0 Å². The van der Waals surface area contributed by atoms with Gasteiger partial charge in [0.25, 0.3) is 0 Å². The Bertz CT molecular complexity index is 369. The van der Waals surface area contributed by atoms with E-state index in [0.717, 1.165) is 35.7 Å². The van der Waals surface area contributed by atoms with Gasteiger partial charge in [-0.15, -0.1) is 0 Å². The Morgan fingerprint density at radius 3 is 2.50 bits per heavy atom. The molecule has 0 saturated carbocycles. The Hall–Kier alpha value is -0.680. The van der Waals surface area contributed by atoms with Crippen LogP contribution in [0.2, 0.25) is 0 Å². The summed E-state index contributed by atoms with van der Waals surface area (Å²) in [5.74, 6) is 1.80. The van der Waals surface area contributed by atoms with E-state index in [1.54, 1.807) is 23.9 Å². The molecule has 1 nitrogen and oxygen atoms in total. The number of halogens is 3. The highest BCUT2D eigenvalue weighted by molar-refractivity contribution is 7.98. The van der Waals surface area contributed by atoms with E-state index in [0.29, 0.717) is 6.04 Å². The maximum atomic E-state index is 12.4. The number of nitrogens with one attached hydrogen (secondary N) is 1. The molecular weight excluding hydrogens is 259 g/mol. The van der Waals surface area contributed by atoms with Crippen molar-refractivity contribution in [1.82, 2.24) is 5.32 Å². The highest BCUT2D eigenvalue weighted by Crippen LogP contribution is 2.29. The number of hydrogen-bond donors (Lipinski definition) is 1. The third-order valence-electron chi connectivity index (χ3n) is 3.03. The number of hydrogen-bond acceptors (Lipinski definition) is 2. The van der Waals surface area contributed by atoms with E-state index >= 15 is 0 Å². The van der Waals surface area contributed by atoms with Gasteiger partial charge in [0.15, 0.2) is 0 Å². The van der Waals surface area contributed by atoms with Gasteiger partial charge in [0.05, 0.1) is 5.56 Å². The smallest absolute Gasteiger partial charge is 0.313 e. The Labute approximate surface area is 109 Å². The van der Waals surface area contributed by atoms with E-state index < -0.39 is 11.7 Å². The predicted molar refractivity (Wildman–Crippen MR) is 68.6 cm³/mol. The summed E-state index contributed by atoms with van der Waals surface area (Å²) < 4.78 is 37.1. The summed E-state index contributed by atoms with van der Waals surface area (Å²) in [6.45, 7) is 1.09. The average molecular weight is 275 g/mol. The Balaban J connectivity index is 1.79. The molecule has 0 aliphatic carbocycles.